The van der Waals surface area contributed by atoms with E-state index in [-0.39, 0.29) is 13.2 Å². The number of fused-ring (bicyclic) bond motifs is 16. The van der Waals surface area contributed by atoms with Gasteiger partial charge in [-0.15, -0.1) is 0 Å². The summed E-state index contributed by atoms with van der Waals surface area (Å²) in [6.07, 6.45) is 0. The molecule has 30 nitrogen and oxygen atoms in total. The molecule has 2 radical (unpaired) electrons. The van der Waals surface area contributed by atoms with Crippen LogP contribution in [0.2, 0.25) is 131 Å². The van der Waals surface area contributed by atoms with E-state index < -0.39 is 177 Å². The second-order valence-corrected chi connectivity index (χ2v) is 78.5. The maximum atomic E-state index is 7.08. The minimum atomic E-state index is -4.31. The molecule has 0 spiro atoms. The zero-order chi connectivity index (χ0) is 54.8. The van der Waals surface area contributed by atoms with E-state index in [9.17, 15) is 0 Å². The van der Waals surface area contributed by atoms with Gasteiger partial charge in [0, 0.05) is 118 Å². The first-order valence-electron chi connectivity index (χ1n) is 23.8. The van der Waals surface area contributed by atoms with Crippen molar-refractivity contribution in [3.05, 3.63) is 0 Å². The summed E-state index contributed by atoms with van der Waals surface area (Å²) in [6.45, 7) is 38.3. The van der Waals surface area contributed by atoms with Gasteiger partial charge in [0.25, 0.3) is 0 Å². The average molecular weight is 1400 g/mol. The summed E-state index contributed by atoms with van der Waals surface area (Å²) in [4.78, 5) is 0. The quantitative estimate of drug-likeness (QED) is 0.366. The summed E-state index contributed by atoms with van der Waals surface area (Å²) < 4.78 is 205. The Hall–Kier alpha value is 3.14. The van der Waals surface area contributed by atoms with Crippen LogP contribution in [0.25, 0.3) is 0 Å². The van der Waals surface area contributed by atoms with E-state index >= 15 is 0 Å². The van der Waals surface area contributed by atoms with Gasteiger partial charge in [0.05, 0.1) is 0 Å². The molecule has 0 aromatic heterocycles. The van der Waals surface area contributed by atoms with Crippen molar-refractivity contribution in [2.24, 2.45) is 0 Å². The number of hydrogen-bond donors (Lipinski definition) is 0. The van der Waals surface area contributed by atoms with Gasteiger partial charge >= 0.3 is 177 Å². The van der Waals surface area contributed by atoms with Crippen molar-refractivity contribution in [1.29, 1.82) is 0 Å². The van der Waals surface area contributed by atoms with Crippen LogP contribution in [0.3, 0.4) is 0 Å². The first-order chi connectivity index (χ1) is 33.2. The van der Waals surface area contributed by atoms with E-state index in [1.165, 1.54) is 0 Å². The molecule has 0 aromatic rings. The lowest BCUT2D eigenvalue weighted by Crippen LogP contribution is -2.82. The third-order valence-corrected chi connectivity index (χ3v) is 92.5. The fourth-order valence-corrected chi connectivity index (χ4v) is 111. The molecule has 16 bridgehead atoms. The van der Waals surface area contributed by atoms with Gasteiger partial charge in [-0.1, -0.05) is 0 Å². The average Bonchev–Trinajstić information content (AvgIpc) is 3.01. The largest absolute Gasteiger partial charge is 0.553 e. The van der Waals surface area contributed by atoms with Crippen molar-refractivity contribution >= 4 is 177 Å². The first kappa shape index (κ1) is 61.7. The fourth-order valence-electron chi connectivity index (χ4n) is 10.5. The Kier molecular flexibility index (Phi) is 16.1. The van der Waals surface area contributed by atoms with E-state index in [0.717, 1.165) is 0 Å². The van der Waals surface area contributed by atoms with Crippen LogP contribution in [-0.2, 0) is 124 Å². The van der Waals surface area contributed by atoms with Gasteiger partial charge in [-0.05, 0) is 40.0 Å². The fraction of sp³-hybridized carbons (Fsp3) is 1.00. The maximum absolute atomic E-state index is 7.08. The highest BCUT2D eigenvalue weighted by Crippen LogP contribution is 2.47. The van der Waals surface area contributed by atoms with Crippen molar-refractivity contribution in [1.82, 2.24) is 0 Å². The molecular weight excluding hydrogens is 1330 g/mol. The minimum Gasteiger partial charge on any atom is -0.416 e. The predicted octanol–water partition coefficient (Wildman–Crippen LogP) is 3.12. The summed E-state index contributed by atoms with van der Waals surface area (Å²) in [5.74, 6) is 0. The maximum Gasteiger partial charge on any atom is 0.553 e. The highest BCUT2D eigenvalue weighted by molar-refractivity contribution is 7.02. The molecule has 16 atom stereocenters. The summed E-state index contributed by atoms with van der Waals surface area (Å²) in [5.41, 5.74) is 0. The Balaban J connectivity index is 1.09. The van der Waals surface area contributed by atoms with Gasteiger partial charge < -0.3 is 124 Å². The molecule has 74 heavy (non-hydrogen) atoms. The molecule has 0 aliphatic carbocycles. The van der Waals surface area contributed by atoms with E-state index in [1.54, 1.807) is 105 Å². The Bertz CT molecular complexity index is 2210. The van der Waals surface area contributed by atoms with Crippen LogP contribution in [-0.4, -0.2) is 190 Å². The van der Waals surface area contributed by atoms with E-state index in [4.69, 9.17) is 124 Å². The molecule has 9 heterocycles. The summed E-state index contributed by atoms with van der Waals surface area (Å²) in [7, 11) is -77.2. The lowest BCUT2D eigenvalue weighted by atomic mass is 10.9. The van der Waals surface area contributed by atoms with Crippen molar-refractivity contribution in [3.63, 3.8) is 0 Å². The summed E-state index contributed by atoms with van der Waals surface area (Å²) in [6, 6.07) is 0. The molecule has 16 unspecified atom stereocenters. The van der Waals surface area contributed by atoms with Gasteiger partial charge in [-0.25, -0.2) is 0 Å². The van der Waals surface area contributed by atoms with E-state index in [0.29, 0.717) is 0 Å². The Labute approximate surface area is 455 Å². The van der Waals surface area contributed by atoms with Crippen LogP contribution < -0.4 is 0 Å². The summed E-state index contributed by atoms with van der Waals surface area (Å²) in [5, 5.41) is 0. The van der Waals surface area contributed by atoms with Gasteiger partial charge in [-0.3, -0.25) is 0 Å². The van der Waals surface area contributed by atoms with Gasteiger partial charge in [-0.2, -0.15) is 0 Å². The third kappa shape index (κ3) is 13.8. The van der Waals surface area contributed by atoms with Crippen molar-refractivity contribution in [3.8, 4) is 0 Å². The molecule has 0 amide bonds. The normalized spacial score (nSPS) is 56.2. The minimum absolute atomic E-state index is 0.248. The molecule has 0 aromatic carbocycles. The second kappa shape index (κ2) is 19.3. The van der Waals surface area contributed by atoms with Crippen molar-refractivity contribution in [2.75, 3.05) is 13.2 Å². The van der Waals surface area contributed by atoms with Gasteiger partial charge in [0.15, 0.2) is 0 Å². The zero-order valence-electron chi connectivity index (χ0n) is 45.7. The lowest BCUT2D eigenvalue weighted by molar-refractivity contribution is 0.00568. The molecular formula is C24H70O30Si20. The molecule has 0 N–H and O–H groups in total. The highest BCUT2D eigenvalue weighted by atomic mass is 28.6. The lowest BCUT2D eigenvalue weighted by Gasteiger charge is -2.56. The number of rotatable bonds is 4. The molecule has 9 rings (SSSR count). The molecule has 9 aliphatic rings. The van der Waals surface area contributed by atoms with Crippen molar-refractivity contribution in [2.45, 2.75) is 145 Å². The van der Waals surface area contributed by atoms with E-state index in [2.05, 4.69) is 0 Å². The standard InChI is InChI=1S/C24H70O30Si20/c1-23-25-59(7)36-60(8,26-24-2)38-69(17)40-61(9,37-59)27-55-29-63(11,41-69)44-71(19)46-65(13,30-55)47-73(21)49-66(14)32-56-28-62(10)39-67(15)34-57(3,4)33-58(5,6)35-68(16,50-67)51-70(18,42-62)43-64(12,31-56)45-72(20,48-66)53-74(22,52-71)54-73/h23-24H2,1-22H3. The molecule has 9 fully saturated rings. The predicted molar refractivity (Wildman–Crippen MR) is 286 cm³/mol. The Morgan fingerprint density at radius 1 is 0.216 bits per heavy atom. The first-order valence-corrected chi connectivity index (χ1v) is 67.5. The molecule has 50 heteroatoms. The Morgan fingerprint density at radius 3 is 0.622 bits per heavy atom. The van der Waals surface area contributed by atoms with Crippen LogP contribution >= 0.6 is 0 Å². The SMILES string of the molecule is CCO[Si]1(C)O[Si](C)(OCC)O[Si]2(C)O[Si](C)(O[Si]3O[Si](C)(O2)O[Si]2(C)O[Si](C)(O3)O[Si]3(C)O[Si]4(C)O[Si]5O[Si]6(C)O[Si]7(C)O[Si](C)(C)O[Si](C)(C)O[Si](C)(O7)O[Si](C)(O6)O[Si](C)(O5)O[Si](C)(O4)O[Si](C)(O2)O3)O1. The van der Waals surface area contributed by atoms with Gasteiger partial charge in [0.2, 0.25) is 0 Å². The molecule has 0 saturated carbocycles. The summed E-state index contributed by atoms with van der Waals surface area (Å²) >= 11 is 0. The third-order valence-electron chi connectivity index (χ3n) is 10.8. The highest BCUT2D eigenvalue weighted by Gasteiger charge is 2.78. The van der Waals surface area contributed by atoms with E-state index in [1.807, 2.05) is 40.0 Å². The zero-order valence-corrected chi connectivity index (χ0v) is 65.7. The second-order valence-electron chi connectivity index (χ2n) is 20.8. The van der Waals surface area contributed by atoms with Crippen LogP contribution in [0.15, 0.2) is 0 Å². The topological polar surface area (TPSA) is 277 Å². The van der Waals surface area contributed by atoms with Crippen LogP contribution in [0.5, 0.6) is 0 Å². The van der Waals surface area contributed by atoms with Crippen molar-refractivity contribution < 1.29 is 124 Å². The Morgan fingerprint density at radius 2 is 0.392 bits per heavy atom. The molecule has 426 valence electrons. The van der Waals surface area contributed by atoms with Crippen LogP contribution in [0, 0.1) is 0 Å². The van der Waals surface area contributed by atoms with Gasteiger partial charge in [0.1, 0.15) is 0 Å². The molecule has 9 aliphatic heterocycles. The van der Waals surface area contributed by atoms with Crippen LogP contribution in [0.4, 0.5) is 0 Å². The smallest absolute Gasteiger partial charge is 0.416 e. The van der Waals surface area contributed by atoms with Crippen LogP contribution in [0.1, 0.15) is 13.8 Å². The molecule has 9 saturated heterocycles. The monoisotopic (exact) mass is 1400 g/mol. The number of hydrogen-bond acceptors (Lipinski definition) is 30.